The Kier molecular flexibility index (Phi) is 4.95. The van der Waals surface area contributed by atoms with Gasteiger partial charge in [-0.15, -0.1) is 0 Å². The van der Waals surface area contributed by atoms with E-state index in [4.69, 9.17) is 18.0 Å². The maximum atomic E-state index is 10.9. The number of thiocarbonyl (C=S) groups is 1. The van der Waals surface area contributed by atoms with Crippen LogP contribution in [0.3, 0.4) is 0 Å². The van der Waals surface area contributed by atoms with Crippen molar-refractivity contribution < 1.29 is 4.92 Å². The van der Waals surface area contributed by atoms with E-state index in [-0.39, 0.29) is 11.4 Å². The SMILES string of the molecule is C[C@@H]1CCCC[C@H]1NC(=S)Nc1ccc(N)c([N+](=O)[O-])c1. The van der Waals surface area contributed by atoms with Crippen LogP contribution in [0.5, 0.6) is 0 Å². The minimum Gasteiger partial charge on any atom is -0.393 e. The maximum absolute atomic E-state index is 10.9. The summed E-state index contributed by atoms with van der Waals surface area (Å²) in [6.07, 6.45) is 4.78. The molecule has 0 spiro atoms. The van der Waals surface area contributed by atoms with Crippen molar-refractivity contribution in [3.8, 4) is 0 Å². The van der Waals surface area contributed by atoms with E-state index in [0.717, 1.165) is 6.42 Å². The first-order valence-corrected chi connectivity index (χ1v) is 7.49. The summed E-state index contributed by atoms with van der Waals surface area (Å²) in [4.78, 5) is 10.4. The molecule has 1 aliphatic rings. The summed E-state index contributed by atoms with van der Waals surface area (Å²) in [5.41, 5.74) is 6.16. The van der Waals surface area contributed by atoms with Crippen molar-refractivity contribution in [2.24, 2.45) is 5.92 Å². The molecule has 2 atom stereocenters. The molecule has 1 fully saturated rings. The molecule has 7 heteroatoms. The third-order valence-electron chi connectivity index (χ3n) is 3.91. The second-order valence-corrected chi connectivity index (χ2v) is 5.91. The normalized spacial score (nSPS) is 21.6. The zero-order valence-electron chi connectivity index (χ0n) is 12.0. The van der Waals surface area contributed by atoms with E-state index in [0.29, 0.717) is 22.8 Å². The highest BCUT2D eigenvalue weighted by Crippen LogP contribution is 2.26. The Hall–Kier alpha value is -1.89. The number of anilines is 2. The predicted octanol–water partition coefficient (Wildman–Crippen LogP) is 3.04. The molecule has 2 rings (SSSR count). The number of nitrogens with two attached hydrogens (primary N) is 1. The predicted molar refractivity (Wildman–Crippen MR) is 88.3 cm³/mol. The van der Waals surface area contributed by atoms with Crippen molar-refractivity contribution in [1.82, 2.24) is 5.32 Å². The average Bonchev–Trinajstić information content (AvgIpc) is 2.43. The second kappa shape index (κ2) is 6.71. The Labute approximate surface area is 129 Å². The fourth-order valence-corrected chi connectivity index (χ4v) is 2.92. The molecule has 4 N–H and O–H groups in total. The zero-order chi connectivity index (χ0) is 15.4. The Morgan fingerprint density at radius 3 is 2.81 bits per heavy atom. The van der Waals surface area contributed by atoms with Crippen molar-refractivity contribution in [2.75, 3.05) is 11.1 Å². The number of hydrogen-bond acceptors (Lipinski definition) is 4. The van der Waals surface area contributed by atoms with Crippen molar-refractivity contribution in [2.45, 2.75) is 38.6 Å². The molecular weight excluding hydrogens is 288 g/mol. The molecule has 0 heterocycles. The molecule has 0 aliphatic heterocycles. The van der Waals surface area contributed by atoms with Gasteiger partial charge >= 0.3 is 0 Å². The van der Waals surface area contributed by atoms with E-state index < -0.39 is 4.92 Å². The fourth-order valence-electron chi connectivity index (χ4n) is 2.65. The van der Waals surface area contributed by atoms with E-state index in [2.05, 4.69) is 17.6 Å². The first-order valence-electron chi connectivity index (χ1n) is 7.09. The smallest absolute Gasteiger partial charge is 0.294 e. The summed E-state index contributed by atoms with van der Waals surface area (Å²) < 4.78 is 0. The number of nitro groups is 1. The Balaban J connectivity index is 1.99. The zero-order valence-corrected chi connectivity index (χ0v) is 12.8. The molecule has 0 radical (unpaired) electrons. The summed E-state index contributed by atoms with van der Waals surface area (Å²) >= 11 is 5.29. The van der Waals surface area contributed by atoms with E-state index in [1.54, 1.807) is 6.07 Å². The second-order valence-electron chi connectivity index (χ2n) is 5.50. The lowest BCUT2D eigenvalue weighted by Crippen LogP contribution is -2.43. The lowest BCUT2D eigenvalue weighted by molar-refractivity contribution is -0.383. The summed E-state index contributed by atoms with van der Waals surface area (Å²) in [5, 5.41) is 17.7. The highest BCUT2D eigenvalue weighted by atomic mass is 32.1. The van der Waals surface area contributed by atoms with Gasteiger partial charge in [-0.2, -0.15) is 0 Å². The van der Waals surface area contributed by atoms with Gasteiger partial charge in [0.25, 0.3) is 5.69 Å². The topological polar surface area (TPSA) is 93.2 Å². The van der Waals surface area contributed by atoms with Gasteiger partial charge in [-0.3, -0.25) is 10.1 Å². The van der Waals surface area contributed by atoms with Crippen LogP contribution >= 0.6 is 12.2 Å². The van der Waals surface area contributed by atoms with Gasteiger partial charge < -0.3 is 16.4 Å². The molecule has 0 aromatic heterocycles. The van der Waals surface area contributed by atoms with Gasteiger partial charge in [-0.1, -0.05) is 19.8 Å². The van der Waals surface area contributed by atoms with E-state index in [1.165, 1.54) is 31.4 Å². The molecule has 21 heavy (non-hydrogen) atoms. The van der Waals surface area contributed by atoms with Crippen LogP contribution in [0, 0.1) is 16.0 Å². The number of hydrogen-bond donors (Lipinski definition) is 3. The van der Waals surface area contributed by atoms with Crippen LogP contribution in [0.25, 0.3) is 0 Å². The van der Waals surface area contributed by atoms with Gasteiger partial charge in [0, 0.05) is 17.8 Å². The number of nitrogens with zero attached hydrogens (tertiary/aromatic N) is 1. The Bertz CT molecular complexity index is 550. The lowest BCUT2D eigenvalue weighted by atomic mass is 9.86. The summed E-state index contributed by atoms with van der Waals surface area (Å²) in [6, 6.07) is 4.95. The molecule has 114 valence electrons. The molecule has 0 amide bonds. The number of benzene rings is 1. The minimum absolute atomic E-state index is 0.117. The Morgan fingerprint density at radius 1 is 1.43 bits per heavy atom. The summed E-state index contributed by atoms with van der Waals surface area (Å²) in [7, 11) is 0. The molecule has 0 bridgehead atoms. The van der Waals surface area contributed by atoms with Gasteiger partial charge in [-0.25, -0.2) is 0 Å². The van der Waals surface area contributed by atoms with Gasteiger partial charge in [0.1, 0.15) is 5.69 Å². The number of rotatable bonds is 3. The first-order chi connectivity index (χ1) is 9.97. The molecule has 1 aliphatic carbocycles. The maximum Gasteiger partial charge on any atom is 0.294 e. The van der Waals surface area contributed by atoms with Gasteiger partial charge in [0.15, 0.2) is 5.11 Å². The van der Waals surface area contributed by atoms with Crippen molar-refractivity contribution in [3.63, 3.8) is 0 Å². The highest BCUT2D eigenvalue weighted by molar-refractivity contribution is 7.80. The third-order valence-corrected chi connectivity index (χ3v) is 4.13. The van der Waals surface area contributed by atoms with Crippen LogP contribution in [0.1, 0.15) is 32.6 Å². The summed E-state index contributed by atoms with van der Waals surface area (Å²) in [6.45, 7) is 2.22. The van der Waals surface area contributed by atoms with Gasteiger partial charge in [0.2, 0.25) is 0 Å². The van der Waals surface area contributed by atoms with Gasteiger partial charge in [0.05, 0.1) is 4.92 Å². The number of nitrogen functional groups attached to an aromatic ring is 1. The fraction of sp³-hybridized carbons (Fsp3) is 0.500. The molecule has 1 aromatic carbocycles. The average molecular weight is 308 g/mol. The van der Waals surface area contributed by atoms with Crippen LogP contribution < -0.4 is 16.4 Å². The van der Waals surface area contributed by atoms with Gasteiger partial charge in [-0.05, 0) is 43.1 Å². The van der Waals surface area contributed by atoms with Crippen LogP contribution in [-0.2, 0) is 0 Å². The quantitative estimate of drug-likeness (QED) is 0.344. The first kappa shape index (κ1) is 15.5. The molecule has 1 aromatic rings. The number of nitrogens with one attached hydrogen (secondary N) is 2. The molecule has 6 nitrogen and oxygen atoms in total. The largest absolute Gasteiger partial charge is 0.393 e. The standard InChI is InChI=1S/C14H20N4O2S/c1-9-4-2-3-5-12(9)17-14(21)16-10-6-7-11(15)13(8-10)18(19)20/h6-9,12H,2-5,15H2,1H3,(H2,16,17,21)/t9-,12-/m1/s1. The number of nitro benzene ring substituents is 1. The van der Waals surface area contributed by atoms with E-state index in [1.807, 2.05) is 0 Å². The molecular formula is C14H20N4O2S. The molecule has 0 saturated heterocycles. The monoisotopic (exact) mass is 308 g/mol. The third kappa shape index (κ3) is 4.04. The van der Waals surface area contributed by atoms with Crippen molar-refractivity contribution >= 4 is 34.4 Å². The summed E-state index contributed by atoms with van der Waals surface area (Å²) in [5.74, 6) is 0.583. The van der Waals surface area contributed by atoms with Crippen LogP contribution in [0.15, 0.2) is 18.2 Å². The van der Waals surface area contributed by atoms with Crippen molar-refractivity contribution in [1.29, 1.82) is 0 Å². The van der Waals surface area contributed by atoms with Crippen molar-refractivity contribution in [3.05, 3.63) is 28.3 Å². The Morgan fingerprint density at radius 2 is 2.14 bits per heavy atom. The van der Waals surface area contributed by atoms with Crippen LogP contribution in [-0.4, -0.2) is 16.1 Å². The molecule has 1 saturated carbocycles. The van der Waals surface area contributed by atoms with Crippen LogP contribution in [0.4, 0.5) is 17.1 Å². The van der Waals surface area contributed by atoms with E-state index >= 15 is 0 Å². The molecule has 0 unspecified atom stereocenters. The minimum atomic E-state index is -0.500. The van der Waals surface area contributed by atoms with E-state index in [9.17, 15) is 10.1 Å². The lowest BCUT2D eigenvalue weighted by Gasteiger charge is -2.30. The highest BCUT2D eigenvalue weighted by Gasteiger charge is 2.21. The van der Waals surface area contributed by atoms with Crippen LogP contribution in [0.2, 0.25) is 0 Å².